The fraction of sp³-hybridized carbons (Fsp3) is 0.0588. The van der Waals surface area contributed by atoms with Crippen LogP contribution in [0.4, 0.5) is 5.69 Å². The minimum absolute atomic E-state index is 0.141. The van der Waals surface area contributed by atoms with Gasteiger partial charge in [-0.3, -0.25) is 10.2 Å². The van der Waals surface area contributed by atoms with E-state index >= 15 is 0 Å². The van der Waals surface area contributed by atoms with E-state index < -0.39 is 0 Å². The Kier molecular flexibility index (Phi) is 3.98. The Bertz CT molecular complexity index is 902. The third kappa shape index (κ3) is 2.89. The first-order chi connectivity index (χ1) is 10.7. The smallest absolute Gasteiger partial charge is 0.261 e. The number of hydrogen-bond acceptors (Lipinski definition) is 4. The number of thioether (sulfide) groups is 1. The SMILES string of the molecule is CSc1cccc(NC(=O)c2cc3ccccc3oc2=N)c1. The van der Waals surface area contributed by atoms with E-state index in [0.717, 1.165) is 10.3 Å². The molecule has 0 aliphatic heterocycles. The summed E-state index contributed by atoms with van der Waals surface area (Å²) in [6.45, 7) is 0. The van der Waals surface area contributed by atoms with E-state index in [0.29, 0.717) is 11.3 Å². The third-order valence-corrected chi connectivity index (χ3v) is 3.97. The highest BCUT2D eigenvalue weighted by molar-refractivity contribution is 7.98. The van der Waals surface area contributed by atoms with Gasteiger partial charge in [0.15, 0.2) is 0 Å². The van der Waals surface area contributed by atoms with Crippen LogP contribution < -0.4 is 10.9 Å². The lowest BCUT2D eigenvalue weighted by atomic mass is 10.1. The van der Waals surface area contributed by atoms with Crippen molar-refractivity contribution in [1.82, 2.24) is 0 Å². The number of amides is 1. The van der Waals surface area contributed by atoms with E-state index in [1.54, 1.807) is 23.9 Å². The highest BCUT2D eigenvalue weighted by atomic mass is 32.2. The van der Waals surface area contributed by atoms with E-state index in [1.807, 2.05) is 48.7 Å². The molecule has 1 aromatic heterocycles. The number of carbonyl (C=O) groups excluding carboxylic acids is 1. The van der Waals surface area contributed by atoms with Gasteiger partial charge in [-0.25, -0.2) is 0 Å². The molecule has 0 saturated carbocycles. The molecule has 5 heteroatoms. The molecule has 22 heavy (non-hydrogen) atoms. The number of hydrogen-bond donors (Lipinski definition) is 2. The molecule has 3 rings (SSSR count). The Labute approximate surface area is 131 Å². The minimum atomic E-state index is -0.349. The Morgan fingerprint density at radius 1 is 1.14 bits per heavy atom. The van der Waals surface area contributed by atoms with Crippen LogP contribution in [-0.4, -0.2) is 12.2 Å². The summed E-state index contributed by atoms with van der Waals surface area (Å²) in [6, 6.07) is 16.6. The maximum absolute atomic E-state index is 12.4. The molecular weight excluding hydrogens is 296 g/mol. The van der Waals surface area contributed by atoms with Gasteiger partial charge in [0.1, 0.15) is 11.1 Å². The van der Waals surface area contributed by atoms with Gasteiger partial charge in [0.2, 0.25) is 5.55 Å². The molecule has 1 heterocycles. The van der Waals surface area contributed by atoms with E-state index in [4.69, 9.17) is 9.83 Å². The zero-order valence-corrected chi connectivity index (χ0v) is 12.7. The van der Waals surface area contributed by atoms with Gasteiger partial charge in [0, 0.05) is 16.0 Å². The summed E-state index contributed by atoms with van der Waals surface area (Å²) < 4.78 is 5.40. The summed E-state index contributed by atoms with van der Waals surface area (Å²) in [7, 11) is 0. The summed E-state index contributed by atoms with van der Waals surface area (Å²) >= 11 is 1.60. The number of nitrogens with one attached hydrogen (secondary N) is 2. The lowest BCUT2D eigenvalue weighted by Gasteiger charge is -2.07. The standard InChI is InChI=1S/C17H14N2O2S/c1-22-13-7-4-6-12(10-13)19-17(20)14-9-11-5-2-3-8-15(11)21-16(14)18/h2-10,18H,1H3,(H,19,20). The lowest BCUT2D eigenvalue weighted by molar-refractivity contribution is 0.102. The van der Waals surface area contributed by atoms with Crippen molar-refractivity contribution in [2.24, 2.45) is 0 Å². The number of para-hydroxylation sites is 1. The molecular formula is C17H14N2O2S. The van der Waals surface area contributed by atoms with Gasteiger partial charge in [0.05, 0.1) is 0 Å². The second-order valence-electron chi connectivity index (χ2n) is 4.71. The van der Waals surface area contributed by atoms with Gasteiger partial charge < -0.3 is 9.73 Å². The molecule has 110 valence electrons. The molecule has 0 saturated heterocycles. The molecule has 0 aliphatic carbocycles. The van der Waals surface area contributed by atoms with Gasteiger partial charge in [-0.1, -0.05) is 24.3 Å². The van der Waals surface area contributed by atoms with E-state index in [2.05, 4.69) is 5.32 Å². The molecule has 4 nitrogen and oxygen atoms in total. The van der Waals surface area contributed by atoms with Crippen LogP contribution in [0.3, 0.4) is 0 Å². The number of fused-ring (bicyclic) bond motifs is 1. The molecule has 1 amide bonds. The molecule has 0 bridgehead atoms. The summed E-state index contributed by atoms with van der Waals surface area (Å²) in [5.74, 6) is -0.349. The van der Waals surface area contributed by atoms with Gasteiger partial charge >= 0.3 is 0 Å². The molecule has 0 spiro atoms. The molecule has 0 fully saturated rings. The maximum atomic E-state index is 12.4. The fourth-order valence-corrected chi connectivity index (χ4v) is 2.61. The third-order valence-electron chi connectivity index (χ3n) is 3.25. The van der Waals surface area contributed by atoms with Crippen LogP contribution in [0.2, 0.25) is 0 Å². The number of anilines is 1. The predicted molar refractivity (Wildman–Crippen MR) is 88.2 cm³/mol. The Morgan fingerprint density at radius 2 is 1.95 bits per heavy atom. The summed E-state index contributed by atoms with van der Waals surface area (Å²) in [5.41, 5.74) is 1.36. The first-order valence-corrected chi connectivity index (χ1v) is 7.93. The van der Waals surface area contributed by atoms with Crippen LogP contribution >= 0.6 is 11.8 Å². The van der Waals surface area contributed by atoms with Crippen molar-refractivity contribution in [3.63, 3.8) is 0 Å². The van der Waals surface area contributed by atoms with Gasteiger partial charge in [-0.15, -0.1) is 11.8 Å². The average molecular weight is 310 g/mol. The average Bonchev–Trinajstić information content (AvgIpc) is 2.54. The largest absolute Gasteiger partial charge is 0.438 e. The maximum Gasteiger partial charge on any atom is 0.261 e. The summed E-state index contributed by atoms with van der Waals surface area (Å²) in [5, 5.41) is 11.5. The number of carbonyl (C=O) groups is 1. The Hall–Kier alpha value is -2.53. The van der Waals surface area contributed by atoms with Crippen LogP contribution in [0.15, 0.2) is 63.9 Å². The van der Waals surface area contributed by atoms with Crippen molar-refractivity contribution in [3.05, 3.63) is 65.7 Å². The summed E-state index contributed by atoms with van der Waals surface area (Å²) in [6.07, 6.45) is 1.98. The van der Waals surface area contributed by atoms with Crippen molar-refractivity contribution < 1.29 is 9.21 Å². The molecule has 0 unspecified atom stereocenters. The van der Waals surface area contributed by atoms with Crippen LogP contribution in [0.1, 0.15) is 10.4 Å². The molecule has 0 aliphatic rings. The molecule has 0 radical (unpaired) electrons. The van der Waals surface area contributed by atoms with Crippen LogP contribution in [-0.2, 0) is 0 Å². The van der Waals surface area contributed by atoms with Crippen LogP contribution in [0, 0.1) is 5.41 Å². The quantitative estimate of drug-likeness (QED) is 0.721. The van der Waals surface area contributed by atoms with Gasteiger partial charge in [-0.05, 0) is 36.6 Å². The Balaban J connectivity index is 1.94. The topological polar surface area (TPSA) is 66.1 Å². The molecule has 3 aromatic rings. The normalized spacial score (nSPS) is 10.6. The minimum Gasteiger partial charge on any atom is -0.438 e. The van der Waals surface area contributed by atoms with Gasteiger partial charge in [-0.2, -0.15) is 0 Å². The lowest BCUT2D eigenvalue weighted by Crippen LogP contribution is -2.20. The van der Waals surface area contributed by atoms with E-state index in [9.17, 15) is 4.79 Å². The molecule has 2 N–H and O–H groups in total. The second-order valence-corrected chi connectivity index (χ2v) is 5.59. The van der Waals surface area contributed by atoms with E-state index in [1.165, 1.54) is 0 Å². The predicted octanol–water partition coefficient (Wildman–Crippen LogP) is 3.89. The van der Waals surface area contributed by atoms with Crippen molar-refractivity contribution in [2.75, 3.05) is 11.6 Å². The zero-order valence-electron chi connectivity index (χ0n) is 11.9. The van der Waals surface area contributed by atoms with Crippen LogP contribution in [0.25, 0.3) is 11.0 Å². The van der Waals surface area contributed by atoms with Crippen molar-refractivity contribution in [1.29, 1.82) is 5.41 Å². The Morgan fingerprint density at radius 3 is 2.77 bits per heavy atom. The zero-order chi connectivity index (χ0) is 15.5. The van der Waals surface area contributed by atoms with Crippen molar-refractivity contribution in [2.45, 2.75) is 4.90 Å². The van der Waals surface area contributed by atoms with Crippen LogP contribution in [0.5, 0.6) is 0 Å². The highest BCUT2D eigenvalue weighted by Crippen LogP contribution is 2.19. The number of rotatable bonds is 3. The molecule has 0 atom stereocenters. The fourth-order valence-electron chi connectivity index (χ4n) is 2.15. The van der Waals surface area contributed by atoms with E-state index in [-0.39, 0.29) is 17.0 Å². The summed E-state index contributed by atoms with van der Waals surface area (Å²) in [4.78, 5) is 13.4. The first-order valence-electron chi connectivity index (χ1n) is 6.70. The van der Waals surface area contributed by atoms with Crippen molar-refractivity contribution >= 4 is 34.3 Å². The van der Waals surface area contributed by atoms with Crippen molar-refractivity contribution in [3.8, 4) is 0 Å². The monoisotopic (exact) mass is 310 g/mol. The second kappa shape index (κ2) is 6.07. The number of benzene rings is 2. The first kappa shape index (κ1) is 14.4. The van der Waals surface area contributed by atoms with Gasteiger partial charge in [0.25, 0.3) is 5.91 Å². The highest BCUT2D eigenvalue weighted by Gasteiger charge is 2.12. The molecule has 2 aromatic carbocycles.